The Morgan fingerprint density at radius 3 is 2.60 bits per heavy atom. The molecule has 1 N–H and O–H groups in total. The van der Waals surface area contributed by atoms with Crippen LogP contribution in [-0.2, 0) is 19.9 Å². The lowest BCUT2D eigenvalue weighted by Crippen LogP contribution is -2.55. The predicted octanol–water partition coefficient (Wildman–Crippen LogP) is 2.72. The lowest BCUT2D eigenvalue weighted by atomic mass is 9.71. The van der Waals surface area contributed by atoms with Crippen LogP contribution in [0.25, 0.3) is 0 Å². The lowest BCUT2D eigenvalue weighted by Gasteiger charge is -2.44. The molecule has 25 heavy (non-hydrogen) atoms. The van der Waals surface area contributed by atoms with Gasteiger partial charge in [0.05, 0.1) is 11.5 Å². The van der Waals surface area contributed by atoms with Crippen LogP contribution in [0.4, 0.5) is 0 Å². The molecule has 2 fully saturated rings. The Kier molecular flexibility index (Phi) is 5.64. The van der Waals surface area contributed by atoms with Crippen LogP contribution >= 0.6 is 11.6 Å². The van der Waals surface area contributed by atoms with Crippen LogP contribution in [-0.4, -0.2) is 43.5 Å². The normalized spacial score (nSPS) is 22.2. The summed E-state index contributed by atoms with van der Waals surface area (Å²) < 4.78 is 4.92. The largest absolute Gasteiger partial charge is 0.375 e. The van der Waals surface area contributed by atoms with E-state index in [1.807, 2.05) is 24.3 Å². The molecule has 1 saturated carbocycles. The molecule has 2 aliphatic rings. The highest BCUT2D eigenvalue weighted by Crippen LogP contribution is 2.42. The number of nitrogens with zero attached hydrogens (tertiary/aromatic N) is 1. The van der Waals surface area contributed by atoms with Gasteiger partial charge in [0.1, 0.15) is 6.61 Å². The van der Waals surface area contributed by atoms with Crippen LogP contribution in [0.5, 0.6) is 0 Å². The molecule has 1 aliphatic heterocycles. The first-order valence-electron chi connectivity index (χ1n) is 8.89. The minimum atomic E-state index is -0.277. The Morgan fingerprint density at radius 2 is 2.00 bits per heavy atom. The van der Waals surface area contributed by atoms with E-state index in [0.29, 0.717) is 18.1 Å². The zero-order chi connectivity index (χ0) is 17.9. The number of hydrogen-bond acceptors (Lipinski definition) is 3. The van der Waals surface area contributed by atoms with E-state index in [1.165, 1.54) is 7.11 Å². The van der Waals surface area contributed by atoms with Crippen molar-refractivity contribution in [2.24, 2.45) is 5.92 Å². The van der Waals surface area contributed by atoms with E-state index >= 15 is 0 Å². The van der Waals surface area contributed by atoms with Crippen LogP contribution in [0, 0.1) is 5.92 Å². The predicted molar refractivity (Wildman–Crippen MR) is 96.3 cm³/mol. The average molecular weight is 365 g/mol. The van der Waals surface area contributed by atoms with Gasteiger partial charge < -0.3 is 15.0 Å². The Morgan fingerprint density at radius 1 is 1.28 bits per heavy atom. The molecule has 1 saturated heterocycles. The number of amides is 2. The highest BCUT2D eigenvalue weighted by atomic mass is 35.5. The van der Waals surface area contributed by atoms with Gasteiger partial charge in [0.15, 0.2) is 0 Å². The first-order valence-corrected chi connectivity index (χ1v) is 9.27. The zero-order valence-electron chi connectivity index (χ0n) is 14.6. The lowest BCUT2D eigenvalue weighted by molar-refractivity contribution is -0.139. The summed E-state index contributed by atoms with van der Waals surface area (Å²) >= 11 is 5.99. The number of carbonyl (C=O) groups excluding carboxylic acids is 2. The smallest absolute Gasteiger partial charge is 0.248 e. The number of ether oxygens (including phenoxy) is 1. The van der Waals surface area contributed by atoms with E-state index in [4.69, 9.17) is 16.3 Å². The molecule has 0 spiro atoms. The van der Waals surface area contributed by atoms with Crippen LogP contribution in [0.1, 0.15) is 37.7 Å². The second kappa shape index (κ2) is 7.75. The number of methoxy groups -OCH3 is 1. The maximum atomic E-state index is 12.9. The molecule has 1 aromatic rings. The van der Waals surface area contributed by atoms with Gasteiger partial charge in [-0.2, -0.15) is 0 Å². The fourth-order valence-electron chi connectivity index (χ4n) is 3.76. The number of rotatable bonds is 5. The average Bonchev–Trinajstić information content (AvgIpc) is 2.59. The van der Waals surface area contributed by atoms with Gasteiger partial charge in [0.2, 0.25) is 11.8 Å². The number of nitrogens with one attached hydrogen (secondary N) is 1. The standard InChI is InChI=1S/C19H25ClN2O3/c1-25-13-17(23)22-11-2-4-14(12-22)18(24)21-19(9-3-10-19)15-5-7-16(20)8-6-15/h5-8,14H,2-4,9-13H2,1H3,(H,21,24)/t14-/m0/s1. The second-order valence-corrected chi connectivity index (χ2v) is 7.48. The summed E-state index contributed by atoms with van der Waals surface area (Å²) in [5, 5.41) is 3.97. The molecule has 1 aromatic carbocycles. The molecule has 0 aromatic heterocycles. The molecular weight excluding hydrogens is 340 g/mol. The molecule has 1 heterocycles. The van der Waals surface area contributed by atoms with Gasteiger partial charge in [-0.25, -0.2) is 0 Å². The topological polar surface area (TPSA) is 58.6 Å². The molecule has 0 bridgehead atoms. The summed E-state index contributed by atoms with van der Waals surface area (Å²) in [6, 6.07) is 7.73. The van der Waals surface area contributed by atoms with E-state index in [-0.39, 0.29) is 29.9 Å². The summed E-state index contributed by atoms with van der Waals surface area (Å²) in [6.45, 7) is 1.25. The molecule has 5 nitrogen and oxygen atoms in total. The molecule has 0 unspecified atom stereocenters. The molecule has 1 atom stereocenters. The van der Waals surface area contributed by atoms with E-state index < -0.39 is 0 Å². The quantitative estimate of drug-likeness (QED) is 0.873. The van der Waals surface area contributed by atoms with Gasteiger partial charge in [-0.1, -0.05) is 23.7 Å². The summed E-state index contributed by atoms with van der Waals surface area (Å²) in [5.74, 6) is -0.153. The highest BCUT2D eigenvalue weighted by molar-refractivity contribution is 6.30. The van der Waals surface area contributed by atoms with Crippen molar-refractivity contribution in [3.8, 4) is 0 Å². The number of hydrogen-bond donors (Lipinski definition) is 1. The van der Waals surface area contributed by atoms with Crippen molar-refractivity contribution in [1.82, 2.24) is 10.2 Å². The van der Waals surface area contributed by atoms with Gasteiger partial charge in [-0.15, -0.1) is 0 Å². The fraction of sp³-hybridized carbons (Fsp3) is 0.579. The fourth-order valence-corrected chi connectivity index (χ4v) is 3.88. The van der Waals surface area contributed by atoms with Gasteiger partial charge in [0.25, 0.3) is 0 Å². The third kappa shape index (κ3) is 3.98. The summed E-state index contributed by atoms with van der Waals surface area (Å²) in [5.41, 5.74) is 0.833. The Hall–Kier alpha value is -1.59. The molecule has 6 heteroatoms. The van der Waals surface area contributed by atoms with Crippen LogP contribution in [0.15, 0.2) is 24.3 Å². The third-order valence-electron chi connectivity index (χ3n) is 5.38. The van der Waals surface area contributed by atoms with Crippen molar-refractivity contribution in [3.05, 3.63) is 34.9 Å². The molecule has 3 rings (SSSR count). The summed E-state index contributed by atoms with van der Waals surface area (Å²) in [6.07, 6.45) is 4.66. The van der Waals surface area contributed by atoms with E-state index in [0.717, 1.165) is 37.7 Å². The van der Waals surface area contributed by atoms with Crippen LogP contribution in [0.3, 0.4) is 0 Å². The highest BCUT2D eigenvalue weighted by Gasteiger charge is 2.41. The Balaban J connectivity index is 1.66. The number of halogens is 1. The zero-order valence-corrected chi connectivity index (χ0v) is 15.3. The number of likely N-dealkylation sites (tertiary alicyclic amines) is 1. The molecular formula is C19H25ClN2O3. The molecule has 1 aliphatic carbocycles. The van der Waals surface area contributed by atoms with Gasteiger partial charge in [-0.3, -0.25) is 9.59 Å². The number of benzene rings is 1. The molecule has 0 radical (unpaired) electrons. The monoisotopic (exact) mass is 364 g/mol. The van der Waals surface area contributed by atoms with E-state index in [2.05, 4.69) is 5.32 Å². The molecule has 2 amide bonds. The van der Waals surface area contributed by atoms with Gasteiger partial charge in [0, 0.05) is 25.2 Å². The first-order chi connectivity index (χ1) is 12.0. The van der Waals surface area contributed by atoms with Crippen LogP contribution in [0.2, 0.25) is 5.02 Å². The van der Waals surface area contributed by atoms with Gasteiger partial charge in [-0.05, 0) is 49.8 Å². The van der Waals surface area contributed by atoms with Crippen molar-refractivity contribution >= 4 is 23.4 Å². The van der Waals surface area contributed by atoms with Crippen molar-refractivity contribution < 1.29 is 14.3 Å². The SMILES string of the molecule is COCC(=O)N1CCC[C@H](C(=O)NC2(c3ccc(Cl)cc3)CCC2)C1. The van der Waals surface area contributed by atoms with Crippen molar-refractivity contribution in [2.75, 3.05) is 26.8 Å². The van der Waals surface area contributed by atoms with Gasteiger partial charge >= 0.3 is 0 Å². The number of carbonyl (C=O) groups is 2. The van der Waals surface area contributed by atoms with E-state index in [1.54, 1.807) is 4.90 Å². The first kappa shape index (κ1) is 18.2. The molecule has 136 valence electrons. The van der Waals surface area contributed by atoms with Crippen LogP contribution < -0.4 is 5.32 Å². The second-order valence-electron chi connectivity index (χ2n) is 7.04. The summed E-state index contributed by atoms with van der Waals surface area (Å²) in [7, 11) is 1.51. The van der Waals surface area contributed by atoms with Crippen molar-refractivity contribution in [2.45, 2.75) is 37.6 Å². The maximum Gasteiger partial charge on any atom is 0.248 e. The minimum Gasteiger partial charge on any atom is -0.375 e. The summed E-state index contributed by atoms with van der Waals surface area (Å²) in [4.78, 5) is 26.6. The minimum absolute atomic E-state index is 0.0453. The van der Waals surface area contributed by atoms with E-state index in [9.17, 15) is 9.59 Å². The third-order valence-corrected chi connectivity index (χ3v) is 5.63. The maximum absolute atomic E-state index is 12.9. The number of piperidine rings is 1. The van der Waals surface area contributed by atoms with Crippen molar-refractivity contribution in [1.29, 1.82) is 0 Å². The Bertz CT molecular complexity index is 628. The Labute approximate surface area is 153 Å². The van der Waals surface area contributed by atoms with Crippen molar-refractivity contribution in [3.63, 3.8) is 0 Å².